The van der Waals surface area contributed by atoms with Crippen LogP contribution in [-0.4, -0.2) is 37.5 Å². The van der Waals surface area contributed by atoms with E-state index in [0.29, 0.717) is 17.5 Å². The van der Waals surface area contributed by atoms with Crippen molar-refractivity contribution in [2.75, 3.05) is 11.1 Å². The summed E-state index contributed by atoms with van der Waals surface area (Å²) in [5.41, 5.74) is 4.62. The van der Waals surface area contributed by atoms with Gasteiger partial charge in [0.05, 0.1) is 22.8 Å². The van der Waals surface area contributed by atoms with Crippen LogP contribution >= 0.6 is 11.8 Å². The van der Waals surface area contributed by atoms with Crippen LogP contribution in [0.5, 0.6) is 5.75 Å². The van der Waals surface area contributed by atoms with Gasteiger partial charge in [0.2, 0.25) is 5.91 Å². The van der Waals surface area contributed by atoms with E-state index in [2.05, 4.69) is 27.4 Å². The second-order valence-corrected chi connectivity index (χ2v) is 8.78. The monoisotopic (exact) mass is 423 g/mol. The number of hydrogen-bond acceptors (Lipinski definition) is 6. The molecule has 1 aliphatic heterocycles. The van der Waals surface area contributed by atoms with Crippen LogP contribution < -0.4 is 10.1 Å². The second kappa shape index (κ2) is 8.10. The van der Waals surface area contributed by atoms with E-state index in [4.69, 9.17) is 9.84 Å². The number of rotatable bonds is 4. The highest BCUT2D eigenvalue weighted by molar-refractivity contribution is 8.00. The van der Waals surface area contributed by atoms with Crippen molar-refractivity contribution < 1.29 is 9.53 Å². The lowest BCUT2D eigenvalue weighted by molar-refractivity contribution is -0.113. The Labute approximate surface area is 180 Å². The molecule has 1 aliphatic rings. The van der Waals surface area contributed by atoms with E-state index < -0.39 is 0 Å². The molecule has 1 atom stereocenters. The number of amides is 1. The van der Waals surface area contributed by atoms with Gasteiger partial charge in [0, 0.05) is 17.0 Å². The third kappa shape index (κ3) is 4.05. The van der Waals surface area contributed by atoms with Crippen LogP contribution in [0.2, 0.25) is 0 Å². The molecule has 0 saturated carbocycles. The lowest BCUT2D eigenvalue weighted by atomic mass is 10.0. The van der Waals surface area contributed by atoms with Crippen LogP contribution in [0.1, 0.15) is 47.3 Å². The molecule has 0 spiro atoms. The summed E-state index contributed by atoms with van der Waals surface area (Å²) in [5.74, 6) is 2.23. The van der Waals surface area contributed by atoms with Crippen molar-refractivity contribution in [2.24, 2.45) is 0 Å². The van der Waals surface area contributed by atoms with Crippen molar-refractivity contribution in [3.8, 4) is 11.7 Å². The van der Waals surface area contributed by atoms with Crippen molar-refractivity contribution in [3.63, 3.8) is 0 Å². The molecule has 30 heavy (non-hydrogen) atoms. The Morgan fingerprint density at radius 1 is 1.13 bits per heavy atom. The molecule has 0 bridgehead atoms. The summed E-state index contributed by atoms with van der Waals surface area (Å²) in [7, 11) is 0. The molecule has 0 radical (unpaired) electrons. The molecule has 7 nitrogen and oxygen atoms in total. The number of thioether (sulfide) groups is 1. The second-order valence-electron chi connectivity index (χ2n) is 7.69. The number of ether oxygens (including phenoxy) is 1. The smallest absolute Gasteiger partial charge is 0.252 e. The third-order valence-corrected chi connectivity index (χ3v) is 5.99. The van der Waals surface area contributed by atoms with E-state index in [1.54, 1.807) is 16.4 Å². The van der Waals surface area contributed by atoms with Crippen LogP contribution in [0.3, 0.4) is 0 Å². The molecular weight excluding hydrogens is 398 g/mol. The van der Waals surface area contributed by atoms with Gasteiger partial charge in [-0.3, -0.25) is 4.79 Å². The molecule has 4 rings (SSSR count). The molecule has 0 saturated heterocycles. The molecular formula is C22H25N5O2S. The molecule has 0 fully saturated rings. The molecule has 1 aromatic carbocycles. The maximum absolute atomic E-state index is 12.5. The summed E-state index contributed by atoms with van der Waals surface area (Å²) in [6, 6.07) is 9.97. The number of benzene rings is 1. The van der Waals surface area contributed by atoms with E-state index in [0.717, 1.165) is 34.0 Å². The van der Waals surface area contributed by atoms with Gasteiger partial charge in [0.1, 0.15) is 11.6 Å². The highest BCUT2D eigenvalue weighted by atomic mass is 32.2. The molecule has 3 aromatic rings. The zero-order valence-electron chi connectivity index (χ0n) is 17.8. The zero-order chi connectivity index (χ0) is 21.4. The number of fused-ring (bicyclic) bond motifs is 1. The van der Waals surface area contributed by atoms with E-state index in [9.17, 15) is 4.79 Å². The predicted octanol–water partition coefficient (Wildman–Crippen LogP) is 4.15. The first kappa shape index (κ1) is 20.4. The molecule has 3 heterocycles. The van der Waals surface area contributed by atoms with Crippen molar-refractivity contribution in [2.45, 2.75) is 46.0 Å². The normalized spacial score (nSPS) is 16.2. The SMILES string of the molecule is Cc1cc(C)nc(-n2nc(C)c3c2NC(=O)CSC3c2ccc(OC(C)C)cc2)n1. The third-order valence-electron chi connectivity index (χ3n) is 4.72. The van der Waals surface area contributed by atoms with Gasteiger partial charge in [0.15, 0.2) is 0 Å². The minimum atomic E-state index is -0.0611. The number of aromatic nitrogens is 4. The lowest BCUT2D eigenvalue weighted by Crippen LogP contribution is -2.17. The molecule has 0 aliphatic carbocycles. The Bertz CT molecular complexity index is 1070. The van der Waals surface area contributed by atoms with Crippen LogP contribution in [-0.2, 0) is 4.79 Å². The number of nitrogens with one attached hydrogen (secondary N) is 1. The highest BCUT2D eigenvalue weighted by Crippen LogP contribution is 2.43. The van der Waals surface area contributed by atoms with Crippen LogP contribution in [0, 0.1) is 20.8 Å². The van der Waals surface area contributed by atoms with Crippen molar-refractivity contribution in [1.82, 2.24) is 19.7 Å². The molecule has 156 valence electrons. The summed E-state index contributed by atoms with van der Waals surface area (Å²) >= 11 is 1.59. The van der Waals surface area contributed by atoms with Gasteiger partial charge in [-0.2, -0.15) is 9.78 Å². The first-order chi connectivity index (χ1) is 14.3. The highest BCUT2D eigenvalue weighted by Gasteiger charge is 2.31. The number of carbonyl (C=O) groups is 1. The Morgan fingerprint density at radius 3 is 2.43 bits per heavy atom. The average molecular weight is 424 g/mol. The minimum absolute atomic E-state index is 0.0355. The molecule has 1 amide bonds. The fourth-order valence-corrected chi connectivity index (χ4v) is 4.78. The number of nitrogens with zero attached hydrogens (tertiary/aromatic N) is 4. The van der Waals surface area contributed by atoms with Gasteiger partial charge in [-0.05, 0) is 58.4 Å². The average Bonchev–Trinajstić information content (AvgIpc) is 2.87. The quantitative estimate of drug-likeness (QED) is 0.679. The van der Waals surface area contributed by atoms with Crippen molar-refractivity contribution in [3.05, 3.63) is 58.5 Å². The van der Waals surface area contributed by atoms with E-state index in [1.807, 2.05) is 52.8 Å². The lowest BCUT2D eigenvalue weighted by Gasteiger charge is -2.16. The first-order valence-corrected chi connectivity index (χ1v) is 11.0. The topological polar surface area (TPSA) is 81.9 Å². The Hall–Kier alpha value is -2.87. The zero-order valence-corrected chi connectivity index (χ0v) is 18.6. The number of aryl methyl sites for hydroxylation is 3. The maximum atomic E-state index is 12.5. The van der Waals surface area contributed by atoms with Crippen LogP contribution in [0.25, 0.3) is 5.95 Å². The summed E-state index contributed by atoms with van der Waals surface area (Å²) in [6.07, 6.45) is 0.120. The largest absolute Gasteiger partial charge is 0.491 e. The Balaban J connectivity index is 1.80. The van der Waals surface area contributed by atoms with Gasteiger partial charge in [0.25, 0.3) is 5.95 Å². The maximum Gasteiger partial charge on any atom is 0.252 e. The van der Waals surface area contributed by atoms with E-state index in [-0.39, 0.29) is 17.3 Å². The van der Waals surface area contributed by atoms with Gasteiger partial charge in [-0.15, -0.1) is 11.8 Å². The number of anilines is 1. The Kier molecular flexibility index (Phi) is 5.51. The molecule has 2 aromatic heterocycles. The predicted molar refractivity (Wildman–Crippen MR) is 119 cm³/mol. The fourth-order valence-electron chi connectivity index (χ4n) is 3.59. The Morgan fingerprint density at radius 2 is 1.80 bits per heavy atom. The molecule has 1 N–H and O–H groups in total. The molecule has 8 heteroatoms. The summed E-state index contributed by atoms with van der Waals surface area (Å²) in [6.45, 7) is 9.81. The van der Waals surface area contributed by atoms with Crippen LogP contribution in [0.4, 0.5) is 5.82 Å². The van der Waals surface area contributed by atoms with Gasteiger partial charge in [-0.1, -0.05) is 12.1 Å². The molecule has 1 unspecified atom stereocenters. The first-order valence-electron chi connectivity index (χ1n) is 9.92. The van der Waals surface area contributed by atoms with Crippen molar-refractivity contribution in [1.29, 1.82) is 0 Å². The standard InChI is InChI=1S/C22H25N5O2S/c1-12(2)29-17-8-6-16(7-9-17)20-19-15(5)26-27(21(19)25-18(28)11-30-20)22-23-13(3)10-14(4)24-22/h6-10,12,20H,11H2,1-5H3,(H,25,28). The van der Waals surface area contributed by atoms with E-state index >= 15 is 0 Å². The minimum Gasteiger partial charge on any atom is -0.491 e. The fraction of sp³-hybridized carbons (Fsp3) is 0.364. The van der Waals surface area contributed by atoms with Crippen molar-refractivity contribution >= 4 is 23.5 Å². The van der Waals surface area contributed by atoms with E-state index in [1.165, 1.54) is 0 Å². The summed E-state index contributed by atoms with van der Waals surface area (Å²) in [5, 5.41) is 7.68. The summed E-state index contributed by atoms with van der Waals surface area (Å²) in [4.78, 5) is 21.6. The van der Waals surface area contributed by atoms with Gasteiger partial charge in [-0.25, -0.2) is 9.97 Å². The van der Waals surface area contributed by atoms with Gasteiger partial charge >= 0.3 is 0 Å². The number of carbonyl (C=O) groups excluding carboxylic acids is 1. The number of hydrogen-bond donors (Lipinski definition) is 1. The van der Waals surface area contributed by atoms with Crippen LogP contribution in [0.15, 0.2) is 30.3 Å². The van der Waals surface area contributed by atoms with Gasteiger partial charge < -0.3 is 10.1 Å². The summed E-state index contributed by atoms with van der Waals surface area (Å²) < 4.78 is 7.42.